The first kappa shape index (κ1) is 12.7. The van der Waals surface area contributed by atoms with E-state index in [-0.39, 0.29) is 5.60 Å². The van der Waals surface area contributed by atoms with E-state index >= 15 is 0 Å². The second-order valence-electron chi connectivity index (χ2n) is 8.14. The first-order valence-electron chi connectivity index (χ1n) is 9.01. The van der Waals surface area contributed by atoms with Crippen molar-refractivity contribution >= 4 is 0 Å². The molecule has 4 fully saturated rings. The van der Waals surface area contributed by atoms with Gasteiger partial charge in [-0.1, -0.05) is 50.1 Å². The highest BCUT2D eigenvalue weighted by Gasteiger charge is 2.73. The first-order valence-corrected chi connectivity index (χ1v) is 9.01. The van der Waals surface area contributed by atoms with Gasteiger partial charge in [0.1, 0.15) is 0 Å². The maximum Gasteiger partial charge on any atom is 0.0730 e. The van der Waals surface area contributed by atoms with Gasteiger partial charge in [0.15, 0.2) is 0 Å². The molecule has 0 unspecified atom stereocenters. The third-order valence-electron chi connectivity index (χ3n) is 7.22. The van der Waals surface area contributed by atoms with Crippen molar-refractivity contribution in [1.82, 2.24) is 0 Å². The predicted octanol–water partition coefficient (Wildman–Crippen LogP) is 4.92. The summed E-state index contributed by atoms with van der Waals surface area (Å²) in [6, 6.07) is 11.4. The third-order valence-corrected chi connectivity index (χ3v) is 7.22. The number of hydrogen-bond donors (Lipinski definition) is 0. The zero-order valence-corrected chi connectivity index (χ0v) is 13.1. The van der Waals surface area contributed by atoms with Crippen molar-refractivity contribution in [2.24, 2.45) is 17.8 Å². The van der Waals surface area contributed by atoms with Crippen molar-refractivity contribution in [2.45, 2.75) is 69.0 Å². The second kappa shape index (κ2) is 4.13. The van der Waals surface area contributed by atoms with Crippen LogP contribution in [0.15, 0.2) is 30.3 Å². The van der Waals surface area contributed by atoms with Crippen LogP contribution in [0.4, 0.5) is 0 Å². The average molecular weight is 282 g/mol. The SMILES string of the molecule is CC[C@H]1CCC[C@@]23C[C@@H]4C[C@@]4(C[C@@H](c4ccccc4)[C@H]12)O3. The largest absolute Gasteiger partial charge is 0.368 e. The molecule has 2 heterocycles. The van der Waals surface area contributed by atoms with Crippen LogP contribution in [0.5, 0.6) is 0 Å². The van der Waals surface area contributed by atoms with E-state index in [4.69, 9.17) is 4.74 Å². The molecule has 2 aliphatic heterocycles. The number of ether oxygens (including phenoxy) is 1. The molecule has 2 saturated carbocycles. The Morgan fingerprint density at radius 1 is 1.10 bits per heavy atom. The molecule has 1 aromatic carbocycles. The highest BCUT2D eigenvalue weighted by Crippen LogP contribution is 2.73. The molecule has 2 bridgehead atoms. The van der Waals surface area contributed by atoms with Crippen molar-refractivity contribution in [2.75, 3.05) is 0 Å². The minimum atomic E-state index is 0.251. The normalized spacial score (nSPS) is 50.3. The molecule has 1 aromatic rings. The van der Waals surface area contributed by atoms with Crippen LogP contribution in [0.2, 0.25) is 0 Å². The van der Waals surface area contributed by atoms with Crippen LogP contribution in [-0.4, -0.2) is 11.2 Å². The van der Waals surface area contributed by atoms with Crippen molar-refractivity contribution < 1.29 is 4.74 Å². The number of rotatable bonds is 2. The van der Waals surface area contributed by atoms with E-state index in [0.29, 0.717) is 5.60 Å². The van der Waals surface area contributed by atoms with E-state index in [1.807, 2.05) is 0 Å². The molecule has 0 radical (unpaired) electrons. The highest BCUT2D eigenvalue weighted by molar-refractivity contribution is 5.31. The van der Waals surface area contributed by atoms with Crippen LogP contribution >= 0.6 is 0 Å². The summed E-state index contributed by atoms with van der Waals surface area (Å²) in [7, 11) is 0. The van der Waals surface area contributed by atoms with E-state index in [1.165, 1.54) is 44.9 Å². The Morgan fingerprint density at radius 3 is 2.71 bits per heavy atom. The van der Waals surface area contributed by atoms with Gasteiger partial charge in [0.2, 0.25) is 0 Å². The van der Waals surface area contributed by atoms with Crippen LogP contribution in [0.3, 0.4) is 0 Å². The fourth-order valence-electron chi connectivity index (χ4n) is 6.37. The smallest absolute Gasteiger partial charge is 0.0730 e. The molecule has 0 N–H and O–H groups in total. The topological polar surface area (TPSA) is 9.23 Å². The van der Waals surface area contributed by atoms with Crippen molar-refractivity contribution in [1.29, 1.82) is 0 Å². The lowest BCUT2D eigenvalue weighted by molar-refractivity contribution is -0.187. The molecule has 1 heteroatoms. The summed E-state index contributed by atoms with van der Waals surface area (Å²) in [6.45, 7) is 2.39. The predicted molar refractivity (Wildman–Crippen MR) is 84.2 cm³/mol. The standard InChI is InChI=1S/C20H26O/c1-2-14-9-6-10-19-11-16-12-20(16,21-19)13-17(18(14)19)15-7-4-3-5-8-15/h3-5,7-8,14,16-18H,2,6,9-13H2,1H3/t14-,16+,17-,18-,19+,20-/m0/s1. The van der Waals surface area contributed by atoms with E-state index in [0.717, 1.165) is 23.7 Å². The van der Waals surface area contributed by atoms with E-state index in [2.05, 4.69) is 37.3 Å². The van der Waals surface area contributed by atoms with Crippen LogP contribution in [0.1, 0.15) is 63.4 Å². The Morgan fingerprint density at radius 2 is 1.90 bits per heavy atom. The fourth-order valence-corrected chi connectivity index (χ4v) is 6.37. The Balaban J connectivity index is 1.60. The third kappa shape index (κ3) is 1.62. The van der Waals surface area contributed by atoms with Crippen molar-refractivity contribution in [3.05, 3.63) is 35.9 Å². The minimum Gasteiger partial charge on any atom is -0.368 e. The summed E-state index contributed by atoms with van der Waals surface area (Å²) < 4.78 is 6.83. The average Bonchev–Trinajstić information content (AvgIpc) is 3.09. The summed E-state index contributed by atoms with van der Waals surface area (Å²) in [5.74, 6) is 3.29. The van der Waals surface area contributed by atoms with Gasteiger partial charge >= 0.3 is 0 Å². The monoisotopic (exact) mass is 282 g/mol. The van der Waals surface area contributed by atoms with E-state index < -0.39 is 0 Å². The van der Waals surface area contributed by atoms with Gasteiger partial charge in [-0.05, 0) is 61.3 Å². The van der Waals surface area contributed by atoms with E-state index in [9.17, 15) is 0 Å². The maximum absolute atomic E-state index is 6.83. The fraction of sp³-hybridized carbons (Fsp3) is 0.700. The van der Waals surface area contributed by atoms with Gasteiger partial charge in [-0.2, -0.15) is 0 Å². The Hall–Kier alpha value is -0.820. The second-order valence-corrected chi connectivity index (χ2v) is 8.14. The molecule has 2 aliphatic carbocycles. The number of hydrogen-bond acceptors (Lipinski definition) is 1. The zero-order valence-electron chi connectivity index (χ0n) is 13.1. The summed E-state index contributed by atoms with van der Waals surface area (Å²) in [6.07, 6.45) is 9.49. The molecule has 6 atom stereocenters. The van der Waals surface area contributed by atoms with Crippen LogP contribution in [0, 0.1) is 17.8 Å². The van der Waals surface area contributed by atoms with Crippen molar-refractivity contribution in [3.63, 3.8) is 0 Å². The van der Waals surface area contributed by atoms with Crippen LogP contribution < -0.4 is 0 Å². The highest BCUT2D eigenvalue weighted by atomic mass is 16.5. The Bertz CT molecular complexity index is 552. The van der Waals surface area contributed by atoms with Crippen molar-refractivity contribution in [3.8, 4) is 0 Å². The summed E-state index contributed by atoms with van der Waals surface area (Å²) >= 11 is 0. The Labute approximate surface area is 128 Å². The quantitative estimate of drug-likeness (QED) is 0.748. The zero-order chi connectivity index (χ0) is 14.1. The summed E-state index contributed by atoms with van der Waals surface area (Å²) in [5.41, 5.74) is 2.13. The van der Waals surface area contributed by atoms with Gasteiger partial charge < -0.3 is 4.74 Å². The maximum atomic E-state index is 6.83. The van der Waals surface area contributed by atoms with Gasteiger partial charge in [-0.25, -0.2) is 0 Å². The Kier molecular flexibility index (Phi) is 2.50. The van der Waals surface area contributed by atoms with Gasteiger partial charge in [0.25, 0.3) is 0 Å². The summed E-state index contributed by atoms with van der Waals surface area (Å²) in [5, 5.41) is 0. The molecule has 2 saturated heterocycles. The van der Waals surface area contributed by atoms with Gasteiger partial charge in [0.05, 0.1) is 11.2 Å². The van der Waals surface area contributed by atoms with Gasteiger partial charge in [0, 0.05) is 0 Å². The van der Waals surface area contributed by atoms with Crippen LogP contribution in [0.25, 0.3) is 0 Å². The molecule has 21 heavy (non-hydrogen) atoms. The lowest BCUT2D eigenvalue weighted by Gasteiger charge is -2.54. The summed E-state index contributed by atoms with van der Waals surface area (Å²) in [4.78, 5) is 0. The molecular formula is C20H26O. The molecule has 4 aliphatic rings. The van der Waals surface area contributed by atoms with Crippen LogP contribution in [-0.2, 0) is 4.74 Å². The molecule has 112 valence electrons. The lowest BCUT2D eigenvalue weighted by atomic mass is 9.59. The first-order chi connectivity index (χ1) is 10.3. The molecule has 0 amide bonds. The molecule has 0 aromatic heterocycles. The van der Waals surface area contributed by atoms with Gasteiger partial charge in [-0.15, -0.1) is 0 Å². The van der Waals surface area contributed by atoms with E-state index in [1.54, 1.807) is 5.56 Å². The molecule has 1 nitrogen and oxygen atoms in total. The molecular weight excluding hydrogens is 256 g/mol. The molecule has 5 rings (SSSR count). The lowest BCUT2D eigenvalue weighted by Crippen LogP contribution is -2.53. The minimum absolute atomic E-state index is 0.251. The molecule has 2 spiro atoms. The number of benzene rings is 1. The van der Waals surface area contributed by atoms with Gasteiger partial charge in [-0.3, -0.25) is 0 Å².